The second-order valence-electron chi connectivity index (χ2n) is 4.64. The predicted octanol–water partition coefficient (Wildman–Crippen LogP) is 4.61. The van der Waals surface area contributed by atoms with E-state index >= 15 is 0 Å². The third-order valence-corrected chi connectivity index (χ3v) is 4.47. The van der Waals surface area contributed by atoms with Gasteiger partial charge in [0.05, 0.1) is 22.3 Å². The standard InChI is InChI=1S/C16H15ClN2OS/c1-20-14-10-15-13(9-12(14)17)19-16(21-15)18-8-7-11-5-3-2-4-6-11/h2-6,9-10H,7-8H2,1H3,(H,18,19). The lowest BCUT2D eigenvalue weighted by Crippen LogP contribution is -2.04. The highest BCUT2D eigenvalue weighted by molar-refractivity contribution is 7.22. The third-order valence-electron chi connectivity index (χ3n) is 3.19. The Balaban J connectivity index is 1.70. The van der Waals surface area contributed by atoms with Gasteiger partial charge >= 0.3 is 0 Å². The number of benzene rings is 2. The number of aromatic nitrogens is 1. The van der Waals surface area contributed by atoms with E-state index in [0.717, 1.165) is 28.3 Å². The summed E-state index contributed by atoms with van der Waals surface area (Å²) in [6.45, 7) is 0.856. The first-order valence-electron chi connectivity index (χ1n) is 6.68. The van der Waals surface area contributed by atoms with Crippen molar-refractivity contribution in [1.82, 2.24) is 4.98 Å². The molecular formula is C16H15ClN2OS. The van der Waals surface area contributed by atoms with E-state index in [2.05, 4.69) is 34.6 Å². The van der Waals surface area contributed by atoms with E-state index in [1.54, 1.807) is 18.4 Å². The summed E-state index contributed by atoms with van der Waals surface area (Å²) in [7, 11) is 1.62. The van der Waals surface area contributed by atoms with Crippen molar-refractivity contribution in [3.05, 3.63) is 53.1 Å². The first-order valence-corrected chi connectivity index (χ1v) is 7.87. The summed E-state index contributed by atoms with van der Waals surface area (Å²) in [6, 6.07) is 14.2. The highest BCUT2D eigenvalue weighted by atomic mass is 35.5. The van der Waals surface area contributed by atoms with Gasteiger partial charge in [-0.15, -0.1) is 0 Å². The minimum Gasteiger partial charge on any atom is -0.495 e. The monoisotopic (exact) mass is 318 g/mol. The molecule has 0 aliphatic rings. The van der Waals surface area contributed by atoms with Gasteiger partial charge in [-0.3, -0.25) is 0 Å². The molecule has 1 heterocycles. The molecule has 21 heavy (non-hydrogen) atoms. The predicted molar refractivity (Wildman–Crippen MR) is 89.8 cm³/mol. The molecule has 0 aliphatic heterocycles. The molecule has 0 amide bonds. The van der Waals surface area contributed by atoms with Gasteiger partial charge in [0.15, 0.2) is 5.13 Å². The van der Waals surface area contributed by atoms with Crippen LogP contribution in [0.3, 0.4) is 0 Å². The van der Waals surface area contributed by atoms with E-state index in [9.17, 15) is 0 Å². The molecule has 108 valence electrons. The second kappa shape index (κ2) is 6.33. The van der Waals surface area contributed by atoms with E-state index in [4.69, 9.17) is 16.3 Å². The molecule has 0 fully saturated rings. The van der Waals surface area contributed by atoms with Gasteiger partial charge in [-0.05, 0) is 18.1 Å². The number of hydrogen-bond donors (Lipinski definition) is 1. The summed E-state index contributed by atoms with van der Waals surface area (Å²) < 4.78 is 6.30. The zero-order chi connectivity index (χ0) is 14.7. The van der Waals surface area contributed by atoms with Gasteiger partial charge in [0.2, 0.25) is 0 Å². The maximum absolute atomic E-state index is 6.12. The molecule has 0 unspecified atom stereocenters. The molecule has 0 aliphatic carbocycles. The van der Waals surface area contributed by atoms with Crippen LogP contribution in [-0.2, 0) is 6.42 Å². The van der Waals surface area contributed by atoms with Crippen molar-refractivity contribution >= 4 is 38.3 Å². The van der Waals surface area contributed by atoms with Crippen LogP contribution in [0.25, 0.3) is 10.2 Å². The van der Waals surface area contributed by atoms with Gasteiger partial charge in [0.25, 0.3) is 0 Å². The number of ether oxygens (including phenoxy) is 1. The van der Waals surface area contributed by atoms with E-state index in [1.165, 1.54) is 5.56 Å². The van der Waals surface area contributed by atoms with Crippen molar-refractivity contribution in [2.75, 3.05) is 19.0 Å². The third kappa shape index (κ3) is 3.28. The summed E-state index contributed by atoms with van der Waals surface area (Å²) in [5.41, 5.74) is 2.21. The molecule has 5 heteroatoms. The molecule has 0 saturated heterocycles. The SMILES string of the molecule is COc1cc2sc(NCCc3ccccc3)nc2cc1Cl. The van der Waals surface area contributed by atoms with Crippen molar-refractivity contribution in [1.29, 1.82) is 0 Å². The first kappa shape index (κ1) is 14.2. The molecule has 0 radical (unpaired) electrons. The summed E-state index contributed by atoms with van der Waals surface area (Å²) in [4.78, 5) is 4.55. The number of hydrogen-bond acceptors (Lipinski definition) is 4. The largest absolute Gasteiger partial charge is 0.495 e. The van der Waals surface area contributed by atoms with Crippen LogP contribution < -0.4 is 10.1 Å². The molecule has 0 saturated carbocycles. The fraction of sp³-hybridized carbons (Fsp3) is 0.188. The van der Waals surface area contributed by atoms with Gasteiger partial charge in [-0.1, -0.05) is 53.3 Å². The van der Waals surface area contributed by atoms with Gasteiger partial charge in [-0.25, -0.2) is 4.98 Å². The number of halogens is 1. The molecule has 2 aromatic carbocycles. The fourth-order valence-corrected chi connectivity index (χ4v) is 3.26. The van der Waals surface area contributed by atoms with E-state index in [-0.39, 0.29) is 0 Å². The molecule has 3 aromatic rings. The Bertz CT molecular complexity index is 743. The van der Waals surface area contributed by atoms with Gasteiger partial charge < -0.3 is 10.1 Å². The van der Waals surface area contributed by atoms with Crippen molar-refractivity contribution < 1.29 is 4.74 Å². The lowest BCUT2D eigenvalue weighted by Gasteiger charge is -2.02. The molecule has 0 bridgehead atoms. The van der Waals surface area contributed by atoms with E-state index in [0.29, 0.717) is 10.8 Å². The van der Waals surface area contributed by atoms with Crippen molar-refractivity contribution in [2.24, 2.45) is 0 Å². The number of nitrogens with zero attached hydrogens (tertiary/aromatic N) is 1. The zero-order valence-corrected chi connectivity index (χ0v) is 13.2. The maximum atomic E-state index is 6.12. The highest BCUT2D eigenvalue weighted by Crippen LogP contribution is 2.34. The second-order valence-corrected chi connectivity index (χ2v) is 6.07. The Labute approximate surface area is 132 Å². The van der Waals surface area contributed by atoms with Crippen LogP contribution in [0.4, 0.5) is 5.13 Å². The Morgan fingerprint density at radius 1 is 1.24 bits per heavy atom. The van der Waals surface area contributed by atoms with E-state index in [1.807, 2.05) is 18.2 Å². The summed E-state index contributed by atoms with van der Waals surface area (Å²) in [6.07, 6.45) is 0.973. The first-order chi connectivity index (χ1) is 10.3. The number of thiazole rings is 1. The molecule has 1 N–H and O–H groups in total. The number of methoxy groups -OCH3 is 1. The van der Waals surface area contributed by atoms with Gasteiger partial charge in [-0.2, -0.15) is 0 Å². The van der Waals surface area contributed by atoms with Crippen LogP contribution in [0, 0.1) is 0 Å². The quantitative estimate of drug-likeness (QED) is 0.745. The Kier molecular flexibility index (Phi) is 4.27. The Hall–Kier alpha value is -1.78. The average Bonchev–Trinajstić information content (AvgIpc) is 2.89. The Morgan fingerprint density at radius 2 is 2.05 bits per heavy atom. The molecule has 0 atom stereocenters. The molecule has 0 spiro atoms. The molecular weight excluding hydrogens is 304 g/mol. The molecule has 1 aromatic heterocycles. The highest BCUT2D eigenvalue weighted by Gasteiger charge is 2.08. The zero-order valence-electron chi connectivity index (χ0n) is 11.6. The van der Waals surface area contributed by atoms with Crippen molar-refractivity contribution in [2.45, 2.75) is 6.42 Å². The lowest BCUT2D eigenvalue weighted by molar-refractivity contribution is 0.415. The normalized spacial score (nSPS) is 10.8. The maximum Gasteiger partial charge on any atom is 0.183 e. The number of nitrogens with one attached hydrogen (secondary N) is 1. The smallest absolute Gasteiger partial charge is 0.183 e. The Morgan fingerprint density at radius 3 is 2.81 bits per heavy atom. The van der Waals surface area contributed by atoms with Gasteiger partial charge in [0, 0.05) is 12.6 Å². The van der Waals surface area contributed by atoms with Crippen LogP contribution >= 0.6 is 22.9 Å². The number of rotatable bonds is 5. The minimum atomic E-state index is 0.589. The van der Waals surface area contributed by atoms with Crippen molar-refractivity contribution in [3.63, 3.8) is 0 Å². The topological polar surface area (TPSA) is 34.1 Å². The average molecular weight is 319 g/mol. The minimum absolute atomic E-state index is 0.589. The number of fused-ring (bicyclic) bond motifs is 1. The van der Waals surface area contributed by atoms with Crippen LogP contribution in [0.15, 0.2) is 42.5 Å². The van der Waals surface area contributed by atoms with Crippen LogP contribution in [0.5, 0.6) is 5.75 Å². The summed E-state index contributed by atoms with van der Waals surface area (Å²) >= 11 is 7.73. The fourth-order valence-electron chi connectivity index (χ4n) is 2.12. The molecule has 3 rings (SSSR count). The van der Waals surface area contributed by atoms with Crippen LogP contribution in [0.1, 0.15) is 5.56 Å². The lowest BCUT2D eigenvalue weighted by atomic mass is 10.2. The molecule has 3 nitrogen and oxygen atoms in total. The number of anilines is 1. The van der Waals surface area contributed by atoms with Crippen LogP contribution in [0.2, 0.25) is 5.02 Å². The van der Waals surface area contributed by atoms with Gasteiger partial charge in [0.1, 0.15) is 5.75 Å². The van der Waals surface area contributed by atoms with Crippen molar-refractivity contribution in [3.8, 4) is 5.75 Å². The summed E-state index contributed by atoms with van der Waals surface area (Å²) in [5, 5.41) is 4.86. The summed E-state index contributed by atoms with van der Waals surface area (Å²) in [5.74, 6) is 0.684. The van der Waals surface area contributed by atoms with Crippen LogP contribution in [-0.4, -0.2) is 18.6 Å². The van der Waals surface area contributed by atoms with E-state index < -0.39 is 0 Å².